The number of para-hydroxylation sites is 1. The van der Waals surface area contributed by atoms with Gasteiger partial charge in [-0.25, -0.2) is 0 Å². The van der Waals surface area contributed by atoms with E-state index in [4.69, 9.17) is 15.6 Å². The predicted molar refractivity (Wildman–Crippen MR) is 57.1 cm³/mol. The van der Waals surface area contributed by atoms with Gasteiger partial charge in [-0.1, -0.05) is 30.4 Å². The van der Waals surface area contributed by atoms with Crippen molar-refractivity contribution < 1.29 is 9.84 Å². The Balaban J connectivity index is 2.74. The molecular formula is C11H15NO2. The van der Waals surface area contributed by atoms with Crippen molar-refractivity contribution in [3.05, 3.63) is 35.9 Å². The maximum Gasteiger partial charge on any atom is 0.126 e. The number of benzene rings is 1. The van der Waals surface area contributed by atoms with Gasteiger partial charge in [0.2, 0.25) is 0 Å². The van der Waals surface area contributed by atoms with Gasteiger partial charge in [-0.2, -0.15) is 0 Å². The normalized spacial score (nSPS) is 10.7. The average Bonchev–Trinajstić information content (AvgIpc) is 2.24. The summed E-state index contributed by atoms with van der Waals surface area (Å²) in [4.78, 5) is 0. The van der Waals surface area contributed by atoms with Crippen molar-refractivity contribution in [2.75, 3.05) is 19.8 Å². The van der Waals surface area contributed by atoms with Gasteiger partial charge in [-0.05, 0) is 6.07 Å². The molecular weight excluding hydrogens is 178 g/mol. The van der Waals surface area contributed by atoms with Gasteiger partial charge < -0.3 is 15.6 Å². The largest absolute Gasteiger partial charge is 0.491 e. The first-order valence-electron chi connectivity index (χ1n) is 4.57. The number of aliphatic hydroxyl groups excluding tert-OH is 1. The maximum atomic E-state index is 8.63. The summed E-state index contributed by atoms with van der Waals surface area (Å²) in [5.74, 6) is 0.770. The Labute approximate surface area is 83.8 Å². The van der Waals surface area contributed by atoms with E-state index in [9.17, 15) is 0 Å². The molecule has 0 aliphatic carbocycles. The van der Waals surface area contributed by atoms with Gasteiger partial charge in [0.05, 0.1) is 6.61 Å². The highest BCUT2D eigenvalue weighted by molar-refractivity contribution is 5.57. The molecule has 1 rings (SSSR count). The Morgan fingerprint density at radius 1 is 1.36 bits per heavy atom. The van der Waals surface area contributed by atoms with Crippen molar-refractivity contribution in [3.8, 4) is 5.75 Å². The number of aliphatic hydroxyl groups is 1. The molecule has 1 aromatic carbocycles. The topological polar surface area (TPSA) is 55.5 Å². The molecule has 3 heteroatoms. The van der Waals surface area contributed by atoms with Gasteiger partial charge in [0.1, 0.15) is 12.4 Å². The van der Waals surface area contributed by atoms with Gasteiger partial charge >= 0.3 is 0 Å². The zero-order valence-electron chi connectivity index (χ0n) is 8.02. The Bertz CT molecular complexity index is 297. The molecule has 0 radical (unpaired) electrons. The number of nitrogens with two attached hydrogens (primary N) is 1. The maximum absolute atomic E-state index is 8.63. The number of hydrogen-bond donors (Lipinski definition) is 2. The molecule has 0 spiro atoms. The van der Waals surface area contributed by atoms with E-state index in [1.165, 1.54) is 0 Å². The van der Waals surface area contributed by atoms with Crippen molar-refractivity contribution in [2.24, 2.45) is 5.73 Å². The average molecular weight is 193 g/mol. The van der Waals surface area contributed by atoms with Crippen LogP contribution in [0.15, 0.2) is 30.3 Å². The second-order valence-electron chi connectivity index (χ2n) is 2.75. The summed E-state index contributed by atoms with van der Waals surface area (Å²) in [5, 5.41) is 8.63. The summed E-state index contributed by atoms with van der Waals surface area (Å²) in [6.07, 6.45) is 3.77. The van der Waals surface area contributed by atoms with Gasteiger partial charge in [0, 0.05) is 12.1 Å². The highest BCUT2D eigenvalue weighted by atomic mass is 16.5. The van der Waals surface area contributed by atoms with Gasteiger partial charge in [-0.3, -0.25) is 0 Å². The van der Waals surface area contributed by atoms with Crippen LogP contribution < -0.4 is 10.5 Å². The lowest BCUT2D eigenvalue weighted by atomic mass is 10.2. The van der Waals surface area contributed by atoms with Crippen LogP contribution in [0.5, 0.6) is 5.75 Å². The minimum absolute atomic E-state index is 0.0228. The van der Waals surface area contributed by atoms with Crippen LogP contribution in [0.4, 0.5) is 0 Å². The fourth-order valence-corrected chi connectivity index (χ4v) is 1.10. The van der Waals surface area contributed by atoms with Crippen LogP contribution in [-0.2, 0) is 0 Å². The lowest BCUT2D eigenvalue weighted by Crippen LogP contribution is -2.02. The molecule has 0 unspecified atom stereocenters. The van der Waals surface area contributed by atoms with E-state index in [1.807, 2.05) is 36.4 Å². The number of rotatable bonds is 5. The first kappa shape index (κ1) is 10.8. The zero-order valence-corrected chi connectivity index (χ0v) is 8.02. The molecule has 3 N–H and O–H groups in total. The highest BCUT2D eigenvalue weighted by Gasteiger charge is 1.97. The summed E-state index contributed by atoms with van der Waals surface area (Å²) in [7, 11) is 0. The Morgan fingerprint density at radius 3 is 2.86 bits per heavy atom. The zero-order chi connectivity index (χ0) is 10.2. The van der Waals surface area contributed by atoms with Crippen molar-refractivity contribution in [2.45, 2.75) is 0 Å². The molecule has 14 heavy (non-hydrogen) atoms. The van der Waals surface area contributed by atoms with Crippen LogP contribution in [0.2, 0.25) is 0 Å². The molecule has 1 aromatic rings. The SMILES string of the molecule is NCC=Cc1ccccc1OCCO. The molecule has 0 saturated heterocycles. The summed E-state index contributed by atoms with van der Waals surface area (Å²) in [6.45, 7) is 0.844. The minimum atomic E-state index is 0.0228. The van der Waals surface area contributed by atoms with E-state index >= 15 is 0 Å². The molecule has 3 nitrogen and oxygen atoms in total. The van der Waals surface area contributed by atoms with E-state index in [2.05, 4.69) is 0 Å². The molecule has 0 atom stereocenters. The predicted octanol–water partition coefficient (Wildman–Crippen LogP) is 1.03. The van der Waals surface area contributed by atoms with Crippen molar-refractivity contribution in [1.29, 1.82) is 0 Å². The number of hydrogen-bond acceptors (Lipinski definition) is 3. The molecule has 0 aliphatic heterocycles. The van der Waals surface area contributed by atoms with Crippen LogP contribution in [0.1, 0.15) is 5.56 Å². The van der Waals surface area contributed by atoms with E-state index in [1.54, 1.807) is 0 Å². The van der Waals surface area contributed by atoms with Crippen LogP contribution in [0.25, 0.3) is 6.08 Å². The fraction of sp³-hybridized carbons (Fsp3) is 0.273. The quantitative estimate of drug-likeness (QED) is 0.734. The van der Waals surface area contributed by atoms with Gasteiger partial charge in [0.15, 0.2) is 0 Å². The Morgan fingerprint density at radius 2 is 2.14 bits per heavy atom. The third-order valence-electron chi connectivity index (χ3n) is 1.70. The van der Waals surface area contributed by atoms with Crippen LogP contribution in [0.3, 0.4) is 0 Å². The van der Waals surface area contributed by atoms with Gasteiger partial charge in [0.25, 0.3) is 0 Å². The summed E-state index contributed by atoms with van der Waals surface area (Å²) in [5.41, 5.74) is 6.34. The fourth-order valence-electron chi connectivity index (χ4n) is 1.10. The van der Waals surface area contributed by atoms with E-state index in [0.29, 0.717) is 13.2 Å². The van der Waals surface area contributed by atoms with Crippen molar-refractivity contribution in [1.82, 2.24) is 0 Å². The first-order valence-corrected chi connectivity index (χ1v) is 4.57. The third kappa shape index (κ3) is 3.20. The minimum Gasteiger partial charge on any atom is -0.491 e. The van der Waals surface area contributed by atoms with Crippen LogP contribution in [-0.4, -0.2) is 24.9 Å². The second kappa shape index (κ2) is 6.18. The highest BCUT2D eigenvalue weighted by Crippen LogP contribution is 2.18. The van der Waals surface area contributed by atoms with E-state index < -0.39 is 0 Å². The van der Waals surface area contributed by atoms with E-state index in [-0.39, 0.29) is 6.61 Å². The first-order chi connectivity index (χ1) is 6.88. The van der Waals surface area contributed by atoms with Crippen LogP contribution in [0, 0.1) is 0 Å². The Kier molecular flexibility index (Phi) is 4.75. The van der Waals surface area contributed by atoms with Crippen LogP contribution >= 0.6 is 0 Å². The Hall–Kier alpha value is -1.32. The van der Waals surface area contributed by atoms with Crippen molar-refractivity contribution >= 4 is 6.08 Å². The molecule has 0 saturated carbocycles. The molecule has 0 aromatic heterocycles. The molecule has 76 valence electrons. The summed E-state index contributed by atoms with van der Waals surface area (Å²) in [6, 6.07) is 7.64. The third-order valence-corrected chi connectivity index (χ3v) is 1.70. The molecule has 0 bridgehead atoms. The lowest BCUT2D eigenvalue weighted by Gasteiger charge is -2.06. The molecule has 0 aliphatic rings. The lowest BCUT2D eigenvalue weighted by molar-refractivity contribution is 0.201. The summed E-state index contributed by atoms with van der Waals surface area (Å²) < 4.78 is 5.34. The molecule has 0 heterocycles. The monoisotopic (exact) mass is 193 g/mol. The number of ether oxygens (including phenoxy) is 1. The smallest absolute Gasteiger partial charge is 0.126 e. The van der Waals surface area contributed by atoms with Crippen molar-refractivity contribution in [3.63, 3.8) is 0 Å². The van der Waals surface area contributed by atoms with Gasteiger partial charge in [-0.15, -0.1) is 0 Å². The van der Waals surface area contributed by atoms with E-state index in [0.717, 1.165) is 11.3 Å². The summed E-state index contributed by atoms with van der Waals surface area (Å²) >= 11 is 0. The standard InChI is InChI=1S/C11H15NO2/c12-7-3-5-10-4-1-2-6-11(10)14-9-8-13/h1-6,13H,7-9,12H2. The molecule has 0 amide bonds. The second-order valence-corrected chi connectivity index (χ2v) is 2.75. The molecule has 0 fully saturated rings.